The van der Waals surface area contributed by atoms with Gasteiger partial charge in [0.05, 0.1) is 6.61 Å². The van der Waals surface area contributed by atoms with E-state index >= 15 is 0 Å². The minimum atomic E-state index is -2.18. The van der Waals surface area contributed by atoms with Crippen LogP contribution in [0.1, 0.15) is 6.92 Å². The highest BCUT2D eigenvalue weighted by atomic mass is 31.2. The number of rotatable bonds is 2. The van der Waals surface area contributed by atoms with Gasteiger partial charge in [-0.2, -0.15) is 0 Å². The summed E-state index contributed by atoms with van der Waals surface area (Å²) in [7, 11) is -2.18. The molecule has 1 aliphatic rings. The van der Waals surface area contributed by atoms with Crippen LogP contribution in [-0.4, -0.2) is 32.0 Å². The van der Waals surface area contributed by atoms with Gasteiger partial charge in [-0.3, -0.25) is 4.57 Å². The maximum atomic E-state index is 11.6. The molecule has 1 rings (SSSR count). The van der Waals surface area contributed by atoms with E-state index in [1.165, 1.54) is 0 Å². The van der Waals surface area contributed by atoms with Crippen molar-refractivity contribution in [2.75, 3.05) is 32.0 Å². The fraction of sp³-hybridized carbons (Fsp3) is 1.00. The molecule has 1 N–H and O–H groups in total. The third kappa shape index (κ3) is 2.08. The van der Waals surface area contributed by atoms with Crippen molar-refractivity contribution in [2.24, 2.45) is 0 Å². The van der Waals surface area contributed by atoms with Gasteiger partial charge in [0.25, 0.3) is 0 Å². The molecular formula is C6H14NO2P. The Labute approximate surface area is 61.6 Å². The average molecular weight is 163 g/mol. The first-order valence-electron chi connectivity index (χ1n) is 3.70. The summed E-state index contributed by atoms with van der Waals surface area (Å²) in [5, 5.41) is 3.15. The molecule has 4 heteroatoms. The molecule has 10 heavy (non-hydrogen) atoms. The van der Waals surface area contributed by atoms with E-state index in [9.17, 15) is 4.57 Å². The fourth-order valence-electron chi connectivity index (χ4n) is 1.10. The second-order valence-electron chi connectivity index (χ2n) is 2.43. The summed E-state index contributed by atoms with van der Waals surface area (Å²) in [5.41, 5.74) is 0. The van der Waals surface area contributed by atoms with Crippen LogP contribution >= 0.6 is 7.37 Å². The highest BCUT2D eigenvalue weighted by molar-refractivity contribution is 7.59. The normalized spacial score (nSPS) is 24.5. The van der Waals surface area contributed by atoms with Crippen LogP contribution in [0.3, 0.4) is 0 Å². The summed E-state index contributed by atoms with van der Waals surface area (Å²) in [6, 6.07) is 0. The monoisotopic (exact) mass is 163 g/mol. The van der Waals surface area contributed by atoms with Crippen molar-refractivity contribution in [1.82, 2.24) is 5.32 Å². The summed E-state index contributed by atoms with van der Waals surface area (Å²) in [5.74, 6) is 0. The van der Waals surface area contributed by atoms with Crippen molar-refractivity contribution in [2.45, 2.75) is 6.92 Å². The van der Waals surface area contributed by atoms with Crippen molar-refractivity contribution in [1.29, 1.82) is 0 Å². The largest absolute Gasteiger partial charge is 0.329 e. The zero-order valence-electron chi connectivity index (χ0n) is 6.30. The molecule has 60 valence electrons. The molecule has 0 aliphatic carbocycles. The van der Waals surface area contributed by atoms with Crippen LogP contribution in [0.25, 0.3) is 0 Å². The summed E-state index contributed by atoms with van der Waals surface area (Å²) in [6.07, 6.45) is 1.42. The van der Waals surface area contributed by atoms with Gasteiger partial charge in [0, 0.05) is 25.4 Å². The molecule has 1 heterocycles. The topological polar surface area (TPSA) is 38.3 Å². The van der Waals surface area contributed by atoms with Gasteiger partial charge < -0.3 is 9.84 Å². The van der Waals surface area contributed by atoms with Gasteiger partial charge in [-0.1, -0.05) is 0 Å². The molecule has 3 nitrogen and oxygen atoms in total. The molecule has 0 atom stereocenters. The van der Waals surface area contributed by atoms with Crippen LogP contribution in [0, 0.1) is 0 Å². The molecule has 0 radical (unpaired) electrons. The first-order chi connectivity index (χ1) is 4.77. The zero-order chi connectivity index (χ0) is 7.45. The lowest BCUT2D eigenvalue weighted by Crippen LogP contribution is -2.29. The zero-order valence-corrected chi connectivity index (χ0v) is 7.19. The molecule has 0 bridgehead atoms. The van der Waals surface area contributed by atoms with E-state index in [1.54, 1.807) is 0 Å². The van der Waals surface area contributed by atoms with E-state index in [-0.39, 0.29) is 0 Å². The lowest BCUT2D eigenvalue weighted by molar-refractivity contribution is 0.328. The van der Waals surface area contributed by atoms with Crippen molar-refractivity contribution in [3.8, 4) is 0 Å². The second kappa shape index (κ2) is 3.51. The molecule has 1 aliphatic heterocycles. The smallest absolute Gasteiger partial charge is 0.205 e. The third-order valence-corrected chi connectivity index (χ3v) is 4.16. The highest BCUT2D eigenvalue weighted by Crippen LogP contribution is 2.46. The van der Waals surface area contributed by atoms with Gasteiger partial charge in [-0.25, -0.2) is 0 Å². The van der Waals surface area contributed by atoms with Crippen molar-refractivity contribution in [3.05, 3.63) is 0 Å². The third-order valence-electron chi connectivity index (χ3n) is 1.62. The number of hydrogen-bond donors (Lipinski definition) is 1. The van der Waals surface area contributed by atoms with Crippen LogP contribution in [0.5, 0.6) is 0 Å². The SMILES string of the molecule is CCOP1(=O)CCNCC1. The molecule has 0 aromatic heterocycles. The highest BCUT2D eigenvalue weighted by Gasteiger charge is 2.24. The maximum Gasteiger partial charge on any atom is 0.205 e. The van der Waals surface area contributed by atoms with Gasteiger partial charge >= 0.3 is 0 Å². The number of nitrogens with one attached hydrogen (secondary N) is 1. The predicted octanol–water partition coefficient (Wildman–Crippen LogP) is 0.904. The minimum absolute atomic E-state index is 0.581. The fourth-order valence-corrected chi connectivity index (χ4v) is 3.05. The van der Waals surface area contributed by atoms with Crippen LogP contribution < -0.4 is 5.32 Å². The molecule has 0 unspecified atom stereocenters. The lowest BCUT2D eigenvalue weighted by Gasteiger charge is -2.22. The van der Waals surface area contributed by atoms with Gasteiger partial charge in [-0.15, -0.1) is 0 Å². The first-order valence-corrected chi connectivity index (χ1v) is 5.70. The summed E-state index contributed by atoms with van der Waals surface area (Å²) in [6.45, 7) is 4.16. The summed E-state index contributed by atoms with van der Waals surface area (Å²) < 4.78 is 16.8. The van der Waals surface area contributed by atoms with E-state index < -0.39 is 7.37 Å². The molecule has 1 fully saturated rings. The Hall–Kier alpha value is 0.150. The van der Waals surface area contributed by atoms with E-state index in [4.69, 9.17) is 4.52 Å². The summed E-state index contributed by atoms with van der Waals surface area (Å²) >= 11 is 0. The van der Waals surface area contributed by atoms with Crippen LogP contribution in [0.4, 0.5) is 0 Å². The molecule has 0 aromatic rings. The Morgan fingerprint density at radius 1 is 1.50 bits per heavy atom. The van der Waals surface area contributed by atoms with Gasteiger partial charge in [-0.05, 0) is 6.92 Å². The molecule has 0 spiro atoms. The molecular weight excluding hydrogens is 149 g/mol. The van der Waals surface area contributed by atoms with E-state index in [0.717, 1.165) is 13.1 Å². The maximum absolute atomic E-state index is 11.6. The van der Waals surface area contributed by atoms with Crippen molar-refractivity contribution in [3.63, 3.8) is 0 Å². The summed E-state index contributed by atoms with van der Waals surface area (Å²) in [4.78, 5) is 0. The minimum Gasteiger partial charge on any atom is -0.329 e. The first kappa shape index (κ1) is 8.25. The Morgan fingerprint density at radius 2 is 2.10 bits per heavy atom. The predicted molar refractivity (Wildman–Crippen MR) is 41.8 cm³/mol. The standard InChI is InChI=1S/C6H14NO2P/c1-2-9-10(8)5-3-7-4-6-10/h7H,2-6H2,1H3. The molecule has 0 saturated carbocycles. The Kier molecular flexibility index (Phi) is 2.90. The van der Waals surface area contributed by atoms with E-state index in [2.05, 4.69) is 5.32 Å². The van der Waals surface area contributed by atoms with E-state index in [0.29, 0.717) is 18.9 Å². The lowest BCUT2D eigenvalue weighted by atomic mass is 10.6. The number of hydrogen-bond acceptors (Lipinski definition) is 3. The van der Waals surface area contributed by atoms with Crippen molar-refractivity contribution < 1.29 is 9.09 Å². The molecule has 0 aromatic carbocycles. The van der Waals surface area contributed by atoms with Gasteiger partial charge in [0.2, 0.25) is 7.37 Å². The average Bonchev–Trinajstić information content (AvgIpc) is 1.89. The Bertz CT molecular complexity index is 130. The Balaban J connectivity index is 2.41. The van der Waals surface area contributed by atoms with Crippen LogP contribution in [-0.2, 0) is 9.09 Å². The van der Waals surface area contributed by atoms with E-state index in [1.807, 2.05) is 6.92 Å². The second-order valence-corrected chi connectivity index (χ2v) is 5.21. The van der Waals surface area contributed by atoms with Crippen LogP contribution in [0.15, 0.2) is 0 Å². The quantitative estimate of drug-likeness (QED) is 0.615. The molecule has 1 saturated heterocycles. The Morgan fingerprint density at radius 3 is 2.60 bits per heavy atom. The molecule has 0 amide bonds. The van der Waals surface area contributed by atoms with Gasteiger partial charge in [0.15, 0.2) is 0 Å². The van der Waals surface area contributed by atoms with Crippen molar-refractivity contribution >= 4 is 7.37 Å². The van der Waals surface area contributed by atoms with Crippen LogP contribution in [0.2, 0.25) is 0 Å². The van der Waals surface area contributed by atoms with Gasteiger partial charge in [0.1, 0.15) is 0 Å².